The summed E-state index contributed by atoms with van der Waals surface area (Å²) in [5.41, 5.74) is 3.27. The maximum absolute atomic E-state index is 13.1. The van der Waals surface area contributed by atoms with Gasteiger partial charge in [0.25, 0.3) is 5.91 Å². The normalized spacial score (nSPS) is 17.7. The molecule has 2 aliphatic rings. The lowest BCUT2D eigenvalue weighted by Gasteiger charge is -2.38. The monoisotopic (exact) mass is 720 g/mol. The molecule has 4 heterocycles. The highest BCUT2D eigenvalue weighted by Crippen LogP contribution is 2.33. The highest BCUT2D eigenvalue weighted by Gasteiger charge is 2.37. The summed E-state index contributed by atoms with van der Waals surface area (Å²) in [4.78, 5) is 31.8. The van der Waals surface area contributed by atoms with Gasteiger partial charge in [-0.25, -0.2) is 9.97 Å². The number of halogens is 1. The fourth-order valence-corrected chi connectivity index (χ4v) is 5.86. The van der Waals surface area contributed by atoms with Crippen LogP contribution in [0.15, 0.2) is 72.8 Å². The number of fused-ring (bicyclic) bond motifs is 1. The van der Waals surface area contributed by atoms with Crippen LogP contribution < -0.4 is 15.0 Å². The minimum atomic E-state index is -1.42. The summed E-state index contributed by atoms with van der Waals surface area (Å²) in [6.07, 6.45) is 0.627. The Morgan fingerprint density at radius 3 is 2.62 bits per heavy atom. The van der Waals surface area contributed by atoms with Crippen molar-refractivity contribution in [1.82, 2.24) is 19.9 Å². The van der Waals surface area contributed by atoms with E-state index in [1.54, 1.807) is 11.8 Å². The summed E-state index contributed by atoms with van der Waals surface area (Å²) in [5.74, 6) is 2.44. The van der Waals surface area contributed by atoms with Crippen molar-refractivity contribution in [3.8, 4) is 17.3 Å². The van der Waals surface area contributed by atoms with Crippen molar-refractivity contribution >= 4 is 45.8 Å². The summed E-state index contributed by atoms with van der Waals surface area (Å²) >= 11 is 2.05. The van der Waals surface area contributed by atoms with Gasteiger partial charge >= 0.3 is 0 Å². The summed E-state index contributed by atoms with van der Waals surface area (Å²) in [7, 11) is 0. The van der Waals surface area contributed by atoms with Crippen LogP contribution in [0.4, 0.5) is 17.3 Å². The third kappa shape index (κ3) is 7.21. The second-order valence-electron chi connectivity index (χ2n) is 11.6. The van der Waals surface area contributed by atoms with Crippen molar-refractivity contribution in [2.24, 2.45) is 0 Å². The number of aliphatic hydroxyl groups is 1. The Bertz CT molecular complexity index is 1640. The molecule has 2 aromatic heterocycles. The zero-order valence-electron chi connectivity index (χ0n) is 25.4. The van der Waals surface area contributed by atoms with Gasteiger partial charge in [-0.2, -0.15) is 4.98 Å². The highest BCUT2D eigenvalue weighted by atomic mass is 127. The lowest BCUT2D eigenvalue weighted by molar-refractivity contribution is -0.148. The predicted octanol–water partition coefficient (Wildman–Crippen LogP) is 5.16. The number of anilines is 3. The molecule has 0 saturated carbocycles. The van der Waals surface area contributed by atoms with Gasteiger partial charge < -0.3 is 29.7 Å². The molecular formula is C34H37IN6O4. The molecule has 2 aromatic carbocycles. The second kappa shape index (κ2) is 13.7. The number of carbonyl (C=O) groups is 1. The van der Waals surface area contributed by atoms with Crippen molar-refractivity contribution in [1.29, 1.82) is 0 Å². The van der Waals surface area contributed by atoms with Gasteiger partial charge in [0.05, 0.1) is 31.5 Å². The Labute approximate surface area is 277 Å². The zero-order chi connectivity index (χ0) is 31.4. The largest absolute Gasteiger partial charge is 0.473 e. The van der Waals surface area contributed by atoms with E-state index in [-0.39, 0.29) is 11.9 Å². The molecule has 45 heavy (non-hydrogen) atoms. The van der Waals surface area contributed by atoms with E-state index in [1.807, 2.05) is 72.8 Å². The Morgan fingerprint density at radius 1 is 1.07 bits per heavy atom. The van der Waals surface area contributed by atoms with Crippen LogP contribution >= 0.6 is 22.6 Å². The minimum Gasteiger partial charge on any atom is -0.473 e. The number of hydrogen-bond donors (Lipinski definition) is 2. The van der Waals surface area contributed by atoms with Gasteiger partial charge in [-0.05, 0) is 56.2 Å². The standard InChI is InChI=1S/C34H37IN6O4/c1-23-20-44-18-17-41(23)32-27-15-16-40(33(42)34(2,43)22-35)19-28(27)37-31(39-32)25-11-13-26(14-12-25)36-29-9-6-10-30(38-29)45-21-24-7-4-3-5-8-24/h3-14,23,43H,15-22H2,1-2H3,(H,36,38). The molecule has 1 fully saturated rings. The number of rotatable bonds is 9. The summed E-state index contributed by atoms with van der Waals surface area (Å²) in [6, 6.07) is 23.7. The first-order chi connectivity index (χ1) is 21.8. The van der Waals surface area contributed by atoms with Gasteiger partial charge in [0.2, 0.25) is 5.88 Å². The van der Waals surface area contributed by atoms with Crippen LogP contribution in [0.3, 0.4) is 0 Å². The number of ether oxygens (including phenoxy) is 2. The van der Waals surface area contributed by atoms with E-state index in [1.165, 1.54) is 0 Å². The summed E-state index contributed by atoms with van der Waals surface area (Å²) < 4.78 is 11.9. The van der Waals surface area contributed by atoms with E-state index in [2.05, 4.69) is 44.7 Å². The molecule has 2 atom stereocenters. The molecule has 0 spiro atoms. The average Bonchev–Trinajstić information content (AvgIpc) is 3.07. The number of pyridine rings is 1. The molecule has 2 N–H and O–H groups in total. The Hall–Kier alpha value is -3.81. The van der Waals surface area contributed by atoms with Crippen molar-refractivity contribution < 1.29 is 19.4 Å². The van der Waals surface area contributed by atoms with Crippen LogP contribution in [0.1, 0.15) is 30.7 Å². The van der Waals surface area contributed by atoms with E-state index in [4.69, 9.17) is 19.4 Å². The molecule has 2 unspecified atom stereocenters. The SMILES string of the molecule is CC1COCCN1c1nc(-c2ccc(Nc3cccc(OCc4ccccc4)n3)cc2)nc2c1CCN(C(=O)C(C)(O)CI)C2. The van der Waals surface area contributed by atoms with E-state index in [9.17, 15) is 9.90 Å². The number of benzene rings is 2. The molecule has 0 bridgehead atoms. The van der Waals surface area contributed by atoms with Crippen molar-refractivity contribution in [3.05, 3.63) is 89.6 Å². The third-order valence-electron chi connectivity index (χ3n) is 8.06. The molecule has 0 aliphatic carbocycles. The first kappa shape index (κ1) is 31.2. The van der Waals surface area contributed by atoms with E-state index in [0.717, 1.165) is 40.4 Å². The Kier molecular flexibility index (Phi) is 9.47. The minimum absolute atomic E-state index is 0.163. The third-order valence-corrected chi connectivity index (χ3v) is 9.55. The molecule has 11 heteroatoms. The fourth-order valence-electron chi connectivity index (χ4n) is 5.54. The fraction of sp³-hybridized carbons (Fsp3) is 0.353. The number of hydrogen-bond acceptors (Lipinski definition) is 9. The van der Waals surface area contributed by atoms with E-state index < -0.39 is 5.60 Å². The summed E-state index contributed by atoms with van der Waals surface area (Å²) in [6.45, 7) is 7.00. The molecule has 1 amide bonds. The number of carbonyl (C=O) groups excluding carboxylic acids is 1. The topological polar surface area (TPSA) is 113 Å². The van der Waals surface area contributed by atoms with Gasteiger partial charge in [-0.1, -0.05) is 59.0 Å². The highest BCUT2D eigenvalue weighted by molar-refractivity contribution is 14.1. The van der Waals surface area contributed by atoms with Crippen molar-refractivity contribution in [3.63, 3.8) is 0 Å². The van der Waals surface area contributed by atoms with Crippen molar-refractivity contribution in [2.75, 3.05) is 40.9 Å². The van der Waals surface area contributed by atoms with Crippen molar-refractivity contribution in [2.45, 2.75) is 45.1 Å². The molecule has 6 rings (SSSR count). The summed E-state index contributed by atoms with van der Waals surface area (Å²) in [5, 5.41) is 14.0. The van der Waals surface area contributed by atoms with Crippen LogP contribution in [0, 0.1) is 0 Å². The number of morpholine rings is 1. The molecule has 0 radical (unpaired) electrons. The first-order valence-electron chi connectivity index (χ1n) is 15.1. The predicted molar refractivity (Wildman–Crippen MR) is 182 cm³/mol. The first-order valence-corrected chi connectivity index (χ1v) is 16.7. The van der Waals surface area contributed by atoms with Crippen LogP contribution in [0.25, 0.3) is 11.4 Å². The van der Waals surface area contributed by atoms with Crippen LogP contribution in [0.5, 0.6) is 5.88 Å². The Balaban J connectivity index is 1.23. The van der Waals surface area contributed by atoms with Crippen LogP contribution in [-0.2, 0) is 29.1 Å². The van der Waals surface area contributed by atoms with Gasteiger partial charge in [0, 0.05) is 40.4 Å². The van der Waals surface area contributed by atoms with Gasteiger partial charge in [-0.15, -0.1) is 0 Å². The molecule has 10 nitrogen and oxygen atoms in total. The molecule has 1 saturated heterocycles. The average molecular weight is 721 g/mol. The number of nitrogens with zero attached hydrogens (tertiary/aromatic N) is 5. The van der Waals surface area contributed by atoms with E-state index >= 15 is 0 Å². The smallest absolute Gasteiger partial charge is 0.255 e. The molecule has 2 aliphatic heterocycles. The molecular weight excluding hydrogens is 683 g/mol. The van der Waals surface area contributed by atoms with E-state index in [0.29, 0.717) is 61.3 Å². The number of amides is 1. The van der Waals surface area contributed by atoms with Crippen LogP contribution in [-0.4, -0.2) is 73.2 Å². The maximum Gasteiger partial charge on any atom is 0.255 e. The quantitative estimate of drug-likeness (QED) is 0.179. The lowest BCUT2D eigenvalue weighted by atomic mass is 10.0. The number of alkyl halides is 1. The number of nitrogens with one attached hydrogen (secondary N) is 1. The second-order valence-corrected chi connectivity index (χ2v) is 12.4. The molecule has 234 valence electrons. The number of aromatic nitrogens is 3. The van der Waals surface area contributed by atoms with Gasteiger partial charge in [-0.3, -0.25) is 4.79 Å². The Morgan fingerprint density at radius 2 is 1.87 bits per heavy atom. The van der Waals surface area contributed by atoms with Crippen LogP contribution in [0.2, 0.25) is 0 Å². The lowest BCUT2D eigenvalue weighted by Crippen LogP contribution is -2.50. The molecule has 4 aromatic rings. The maximum atomic E-state index is 13.1. The zero-order valence-corrected chi connectivity index (χ0v) is 27.6. The van der Waals surface area contributed by atoms with Gasteiger partial charge in [0.1, 0.15) is 23.8 Å². The van der Waals surface area contributed by atoms with Gasteiger partial charge in [0.15, 0.2) is 5.82 Å².